The van der Waals surface area contributed by atoms with Gasteiger partial charge in [-0.3, -0.25) is 4.79 Å². The van der Waals surface area contributed by atoms with Crippen LogP contribution in [0.25, 0.3) is 0 Å². The molecule has 0 amide bonds. The van der Waals surface area contributed by atoms with Crippen molar-refractivity contribution in [2.75, 3.05) is 0 Å². The maximum Gasteiger partial charge on any atom is 0.306 e. The van der Waals surface area contributed by atoms with Gasteiger partial charge in [-0.2, -0.15) is 0 Å². The summed E-state index contributed by atoms with van der Waals surface area (Å²) in [7, 11) is 0. The molecule has 0 aliphatic carbocycles. The summed E-state index contributed by atoms with van der Waals surface area (Å²) in [6, 6.07) is 8.49. The van der Waals surface area contributed by atoms with Crippen LogP contribution in [-0.2, 0) is 16.0 Å². The van der Waals surface area contributed by atoms with E-state index in [-0.39, 0.29) is 18.0 Å². The van der Waals surface area contributed by atoms with Crippen LogP contribution in [0.3, 0.4) is 0 Å². The van der Waals surface area contributed by atoms with Gasteiger partial charge in [0.25, 0.3) is 0 Å². The Balaban J connectivity index is 2.19. The summed E-state index contributed by atoms with van der Waals surface area (Å²) in [5.74, 6) is 0.162. The number of hydrogen-bond donors (Lipinski definition) is 0. The fraction of sp³-hybridized carbons (Fsp3) is 0.462. The SMILES string of the molecule is CCc1ccc([C@H]2CC(=O)OC2C)cc1. The summed E-state index contributed by atoms with van der Waals surface area (Å²) in [6.45, 7) is 4.10. The first kappa shape index (κ1) is 10.2. The lowest BCUT2D eigenvalue weighted by Gasteiger charge is -2.13. The Morgan fingerprint density at radius 1 is 1.33 bits per heavy atom. The molecule has 1 saturated heterocycles. The molecule has 0 aromatic heterocycles. The van der Waals surface area contributed by atoms with Crippen LogP contribution in [0.2, 0.25) is 0 Å². The summed E-state index contributed by atoms with van der Waals surface area (Å²) >= 11 is 0. The molecule has 1 aliphatic rings. The van der Waals surface area contributed by atoms with Gasteiger partial charge in [-0.15, -0.1) is 0 Å². The fourth-order valence-corrected chi connectivity index (χ4v) is 2.07. The van der Waals surface area contributed by atoms with E-state index in [9.17, 15) is 4.79 Å². The molecule has 15 heavy (non-hydrogen) atoms. The van der Waals surface area contributed by atoms with E-state index in [1.807, 2.05) is 6.92 Å². The predicted molar refractivity (Wildman–Crippen MR) is 58.7 cm³/mol. The van der Waals surface area contributed by atoms with Gasteiger partial charge in [0.15, 0.2) is 0 Å². The molecule has 1 aliphatic heterocycles. The lowest BCUT2D eigenvalue weighted by Crippen LogP contribution is -2.09. The zero-order valence-corrected chi connectivity index (χ0v) is 9.19. The van der Waals surface area contributed by atoms with Gasteiger partial charge in [0, 0.05) is 5.92 Å². The average molecular weight is 204 g/mol. The van der Waals surface area contributed by atoms with Crippen LogP contribution < -0.4 is 0 Å². The van der Waals surface area contributed by atoms with E-state index in [0.29, 0.717) is 6.42 Å². The van der Waals surface area contributed by atoms with Crippen LogP contribution in [0.15, 0.2) is 24.3 Å². The van der Waals surface area contributed by atoms with E-state index >= 15 is 0 Å². The fourth-order valence-electron chi connectivity index (χ4n) is 2.07. The van der Waals surface area contributed by atoms with Crippen molar-refractivity contribution < 1.29 is 9.53 Å². The monoisotopic (exact) mass is 204 g/mol. The number of hydrogen-bond acceptors (Lipinski definition) is 2. The third-order valence-electron chi connectivity index (χ3n) is 3.09. The Labute approximate surface area is 90.3 Å². The molecule has 1 heterocycles. The second-order valence-corrected chi connectivity index (χ2v) is 4.10. The van der Waals surface area contributed by atoms with Crippen LogP contribution in [0.5, 0.6) is 0 Å². The van der Waals surface area contributed by atoms with E-state index in [0.717, 1.165) is 6.42 Å². The summed E-state index contributed by atoms with van der Waals surface area (Å²) in [5.41, 5.74) is 2.54. The molecular weight excluding hydrogens is 188 g/mol. The lowest BCUT2D eigenvalue weighted by molar-refractivity contribution is -0.140. The number of carbonyl (C=O) groups is 1. The normalized spacial score (nSPS) is 25.3. The molecule has 2 nitrogen and oxygen atoms in total. The molecule has 1 aromatic carbocycles. The van der Waals surface area contributed by atoms with Gasteiger partial charge in [-0.1, -0.05) is 31.2 Å². The van der Waals surface area contributed by atoms with Crippen molar-refractivity contribution in [2.24, 2.45) is 0 Å². The number of esters is 1. The third-order valence-corrected chi connectivity index (χ3v) is 3.09. The van der Waals surface area contributed by atoms with Crippen molar-refractivity contribution in [1.82, 2.24) is 0 Å². The van der Waals surface area contributed by atoms with Crippen molar-refractivity contribution >= 4 is 5.97 Å². The Morgan fingerprint density at radius 2 is 2.00 bits per heavy atom. The predicted octanol–water partition coefficient (Wildman–Crippen LogP) is 2.67. The number of ether oxygens (including phenoxy) is 1. The zero-order valence-electron chi connectivity index (χ0n) is 9.19. The summed E-state index contributed by atoms with van der Waals surface area (Å²) in [5, 5.41) is 0. The maximum absolute atomic E-state index is 11.1. The number of carbonyl (C=O) groups excluding carboxylic acids is 1. The van der Waals surface area contributed by atoms with Gasteiger partial charge < -0.3 is 4.74 Å². The highest BCUT2D eigenvalue weighted by atomic mass is 16.5. The van der Waals surface area contributed by atoms with Gasteiger partial charge in [-0.05, 0) is 24.5 Å². The summed E-state index contributed by atoms with van der Waals surface area (Å²) in [4.78, 5) is 11.1. The minimum Gasteiger partial charge on any atom is -0.462 e. The van der Waals surface area contributed by atoms with E-state index in [2.05, 4.69) is 31.2 Å². The van der Waals surface area contributed by atoms with Crippen molar-refractivity contribution in [3.8, 4) is 0 Å². The number of benzene rings is 1. The second-order valence-electron chi connectivity index (χ2n) is 4.10. The van der Waals surface area contributed by atoms with Crippen molar-refractivity contribution in [3.63, 3.8) is 0 Å². The third kappa shape index (κ3) is 2.04. The number of rotatable bonds is 2. The Kier molecular flexibility index (Phi) is 2.76. The number of aryl methyl sites for hydroxylation is 1. The molecule has 2 heteroatoms. The summed E-state index contributed by atoms with van der Waals surface area (Å²) < 4.78 is 5.15. The molecular formula is C13H16O2. The van der Waals surface area contributed by atoms with Gasteiger partial charge in [-0.25, -0.2) is 0 Å². The first-order valence-corrected chi connectivity index (χ1v) is 5.49. The van der Waals surface area contributed by atoms with Crippen LogP contribution in [0, 0.1) is 0 Å². The quantitative estimate of drug-likeness (QED) is 0.692. The van der Waals surface area contributed by atoms with E-state index in [4.69, 9.17) is 4.74 Å². The van der Waals surface area contributed by atoms with Gasteiger partial charge >= 0.3 is 5.97 Å². The van der Waals surface area contributed by atoms with E-state index in [1.54, 1.807) is 0 Å². The number of cyclic esters (lactones) is 1. The lowest BCUT2D eigenvalue weighted by atomic mass is 9.92. The molecule has 0 bridgehead atoms. The Hall–Kier alpha value is -1.31. The van der Waals surface area contributed by atoms with Crippen LogP contribution in [0.1, 0.15) is 37.3 Å². The highest BCUT2D eigenvalue weighted by Gasteiger charge is 2.32. The molecule has 0 radical (unpaired) electrons. The van der Waals surface area contributed by atoms with Gasteiger partial charge in [0.2, 0.25) is 0 Å². The average Bonchev–Trinajstić information content (AvgIpc) is 2.58. The summed E-state index contributed by atoms with van der Waals surface area (Å²) in [6.07, 6.45) is 1.59. The van der Waals surface area contributed by atoms with Crippen LogP contribution >= 0.6 is 0 Å². The van der Waals surface area contributed by atoms with Crippen molar-refractivity contribution in [3.05, 3.63) is 35.4 Å². The van der Waals surface area contributed by atoms with Crippen LogP contribution in [0.4, 0.5) is 0 Å². The largest absolute Gasteiger partial charge is 0.462 e. The van der Waals surface area contributed by atoms with E-state index < -0.39 is 0 Å². The maximum atomic E-state index is 11.1. The smallest absolute Gasteiger partial charge is 0.306 e. The highest BCUT2D eigenvalue weighted by molar-refractivity contribution is 5.73. The second kappa shape index (κ2) is 4.05. The minimum absolute atomic E-state index is 0.0185. The first-order valence-electron chi connectivity index (χ1n) is 5.49. The first-order chi connectivity index (χ1) is 7.20. The van der Waals surface area contributed by atoms with Gasteiger partial charge in [0.05, 0.1) is 6.42 Å². The van der Waals surface area contributed by atoms with Crippen LogP contribution in [-0.4, -0.2) is 12.1 Å². The molecule has 1 aromatic rings. The highest BCUT2D eigenvalue weighted by Crippen LogP contribution is 2.31. The molecule has 2 rings (SSSR count). The van der Waals surface area contributed by atoms with E-state index in [1.165, 1.54) is 11.1 Å². The molecule has 2 atom stereocenters. The molecule has 0 N–H and O–H groups in total. The molecule has 1 unspecified atom stereocenters. The Bertz CT molecular complexity index is 353. The standard InChI is InChI=1S/C13H16O2/c1-3-10-4-6-11(7-5-10)12-8-13(14)15-9(12)2/h4-7,9,12H,3,8H2,1-2H3/t9?,12-/m0/s1. The van der Waals surface area contributed by atoms with Crippen molar-refractivity contribution in [1.29, 1.82) is 0 Å². The minimum atomic E-state index is -0.0768. The van der Waals surface area contributed by atoms with Gasteiger partial charge in [0.1, 0.15) is 6.10 Å². The molecule has 80 valence electrons. The molecule has 0 saturated carbocycles. The Morgan fingerprint density at radius 3 is 2.47 bits per heavy atom. The van der Waals surface area contributed by atoms with Crippen molar-refractivity contribution in [2.45, 2.75) is 38.7 Å². The molecule has 0 spiro atoms. The topological polar surface area (TPSA) is 26.3 Å². The molecule has 1 fully saturated rings. The zero-order chi connectivity index (χ0) is 10.8.